The van der Waals surface area contributed by atoms with E-state index >= 15 is 0 Å². The van der Waals surface area contributed by atoms with Gasteiger partial charge < -0.3 is 4.57 Å². The molecule has 11 heavy (non-hydrogen) atoms. The van der Waals surface area contributed by atoms with Crippen LogP contribution >= 0.6 is 0 Å². The zero-order valence-corrected chi connectivity index (χ0v) is 9.35. The molecule has 2 heteroatoms. The van der Waals surface area contributed by atoms with Crippen LogP contribution in [0.15, 0.2) is 0 Å². The minimum Gasteiger partial charge on any atom is -0.329 e. The van der Waals surface area contributed by atoms with E-state index in [2.05, 4.69) is 31.8 Å². The number of hydrogen-bond acceptors (Lipinski definition) is 1. The molecule has 0 unspecified atom stereocenters. The fraction of sp³-hybridized carbons (Fsp3) is 1.00. The van der Waals surface area contributed by atoms with E-state index in [-0.39, 0.29) is 0 Å². The summed E-state index contributed by atoms with van der Waals surface area (Å²) in [5.74, 6) is 0. The van der Waals surface area contributed by atoms with Crippen LogP contribution in [0.2, 0.25) is 18.6 Å². The Kier molecular flexibility index (Phi) is 2.76. The summed E-state index contributed by atoms with van der Waals surface area (Å²) in [5.41, 5.74) is 1.07. The van der Waals surface area contributed by atoms with Crippen molar-refractivity contribution in [3.05, 3.63) is 0 Å². The first-order valence-corrected chi connectivity index (χ1v) is 7.75. The van der Waals surface area contributed by atoms with E-state index < -0.39 is 8.24 Å². The van der Waals surface area contributed by atoms with Gasteiger partial charge in [0.25, 0.3) is 0 Å². The van der Waals surface area contributed by atoms with Gasteiger partial charge in [-0.3, -0.25) is 0 Å². The van der Waals surface area contributed by atoms with Gasteiger partial charge in [0.1, 0.15) is 8.24 Å². The minimum atomic E-state index is -1.01. The van der Waals surface area contributed by atoms with E-state index in [9.17, 15) is 0 Å². The number of nitrogens with zero attached hydrogens (tertiary/aromatic N) is 1. The van der Waals surface area contributed by atoms with E-state index in [1.807, 2.05) is 0 Å². The van der Waals surface area contributed by atoms with Crippen LogP contribution in [0.3, 0.4) is 0 Å². The number of rotatable bonds is 2. The van der Waals surface area contributed by atoms with Gasteiger partial charge >= 0.3 is 0 Å². The third-order valence-electron chi connectivity index (χ3n) is 3.51. The molecule has 0 radical (unpaired) electrons. The summed E-state index contributed by atoms with van der Waals surface area (Å²) in [6.45, 7) is 5.01. The molecule has 0 aromatic rings. The van der Waals surface area contributed by atoms with Crippen molar-refractivity contribution in [3.8, 4) is 0 Å². The standard InChI is InChI=1S/C9H21NSi/c1-10(2)11(3,4)9-7-5-6-8-9/h9H,5-8H2,1-4H3. The Morgan fingerprint density at radius 1 is 1.09 bits per heavy atom. The van der Waals surface area contributed by atoms with Crippen molar-refractivity contribution in [3.63, 3.8) is 0 Å². The normalized spacial score (nSPS) is 21.5. The molecule has 1 aliphatic rings. The van der Waals surface area contributed by atoms with Gasteiger partial charge in [0, 0.05) is 0 Å². The quantitative estimate of drug-likeness (QED) is 0.577. The van der Waals surface area contributed by atoms with Crippen molar-refractivity contribution in [2.75, 3.05) is 14.1 Å². The molecule has 0 amide bonds. The lowest BCUT2D eigenvalue weighted by molar-refractivity contribution is 0.586. The topological polar surface area (TPSA) is 3.24 Å². The molecule has 0 aromatic heterocycles. The van der Waals surface area contributed by atoms with Crippen LogP contribution < -0.4 is 0 Å². The summed E-state index contributed by atoms with van der Waals surface area (Å²) in [6, 6.07) is 0. The zero-order valence-electron chi connectivity index (χ0n) is 8.35. The molecular formula is C9H21NSi. The van der Waals surface area contributed by atoms with Gasteiger partial charge in [-0.25, -0.2) is 0 Å². The van der Waals surface area contributed by atoms with Crippen LogP contribution in [-0.4, -0.2) is 26.9 Å². The van der Waals surface area contributed by atoms with Crippen molar-refractivity contribution in [1.82, 2.24) is 4.57 Å². The predicted molar refractivity (Wildman–Crippen MR) is 53.4 cm³/mol. The molecule has 0 N–H and O–H groups in total. The largest absolute Gasteiger partial charge is 0.329 e. The summed E-state index contributed by atoms with van der Waals surface area (Å²) in [7, 11) is 3.49. The third kappa shape index (κ3) is 1.85. The second-order valence-corrected chi connectivity index (χ2v) is 9.55. The van der Waals surface area contributed by atoms with Gasteiger partial charge in [-0.2, -0.15) is 0 Å². The van der Waals surface area contributed by atoms with Gasteiger partial charge in [-0.05, 0) is 19.6 Å². The fourth-order valence-electron chi connectivity index (χ4n) is 2.00. The Bertz CT molecular complexity index is 126. The zero-order chi connectivity index (χ0) is 8.48. The molecular weight excluding hydrogens is 150 g/mol. The van der Waals surface area contributed by atoms with Gasteiger partial charge in [-0.1, -0.05) is 38.8 Å². The van der Waals surface area contributed by atoms with E-state index in [1.54, 1.807) is 0 Å². The SMILES string of the molecule is CN(C)[Si](C)(C)C1CCCC1. The second-order valence-electron chi connectivity index (χ2n) is 4.53. The highest BCUT2D eigenvalue weighted by Gasteiger charge is 2.35. The summed E-state index contributed by atoms with van der Waals surface area (Å²) in [5, 5.41) is 0. The molecule has 0 atom stereocenters. The Labute approximate surface area is 71.9 Å². The Morgan fingerprint density at radius 3 is 1.91 bits per heavy atom. The lowest BCUT2D eigenvalue weighted by Crippen LogP contribution is -2.47. The fourth-order valence-corrected chi connectivity index (χ4v) is 4.55. The predicted octanol–water partition coefficient (Wildman–Crippen LogP) is 2.70. The molecule has 1 nitrogen and oxygen atoms in total. The van der Waals surface area contributed by atoms with Crippen molar-refractivity contribution in [2.24, 2.45) is 0 Å². The molecule has 0 aromatic carbocycles. The Hall–Kier alpha value is 0.177. The maximum atomic E-state index is 2.50. The summed E-state index contributed by atoms with van der Waals surface area (Å²) < 4.78 is 2.50. The van der Waals surface area contributed by atoms with Crippen LogP contribution in [0.1, 0.15) is 25.7 Å². The van der Waals surface area contributed by atoms with E-state index in [4.69, 9.17) is 0 Å². The van der Waals surface area contributed by atoms with E-state index in [1.165, 1.54) is 25.7 Å². The number of hydrogen-bond donors (Lipinski definition) is 0. The van der Waals surface area contributed by atoms with Crippen molar-refractivity contribution in [2.45, 2.75) is 44.3 Å². The van der Waals surface area contributed by atoms with E-state index in [0.29, 0.717) is 0 Å². The van der Waals surface area contributed by atoms with Crippen molar-refractivity contribution < 1.29 is 0 Å². The monoisotopic (exact) mass is 171 g/mol. The summed E-state index contributed by atoms with van der Waals surface area (Å²) in [6.07, 6.45) is 5.96. The van der Waals surface area contributed by atoms with Gasteiger partial charge in [0.2, 0.25) is 0 Å². The van der Waals surface area contributed by atoms with Crippen LogP contribution in [0.25, 0.3) is 0 Å². The maximum Gasteiger partial charge on any atom is 0.124 e. The third-order valence-corrected chi connectivity index (χ3v) is 8.39. The molecule has 1 saturated carbocycles. The molecule has 66 valence electrons. The molecule has 0 aliphatic heterocycles. The summed E-state index contributed by atoms with van der Waals surface area (Å²) >= 11 is 0. The first-order chi connectivity index (χ1) is 5.05. The first-order valence-electron chi connectivity index (χ1n) is 4.72. The first kappa shape index (κ1) is 9.27. The molecule has 0 heterocycles. The Morgan fingerprint density at radius 2 is 1.55 bits per heavy atom. The van der Waals surface area contributed by atoms with Crippen LogP contribution in [0, 0.1) is 0 Å². The molecule has 1 fully saturated rings. The second kappa shape index (κ2) is 3.28. The highest BCUT2D eigenvalue weighted by molar-refractivity contribution is 6.76. The average Bonchev–Trinajstić information content (AvgIpc) is 2.37. The average molecular weight is 171 g/mol. The molecule has 0 bridgehead atoms. The highest BCUT2D eigenvalue weighted by atomic mass is 28.3. The lowest BCUT2D eigenvalue weighted by Gasteiger charge is -2.35. The lowest BCUT2D eigenvalue weighted by atomic mass is 10.4. The maximum absolute atomic E-state index is 2.50. The molecule has 0 spiro atoms. The van der Waals surface area contributed by atoms with Crippen LogP contribution in [0.5, 0.6) is 0 Å². The highest BCUT2D eigenvalue weighted by Crippen LogP contribution is 2.38. The van der Waals surface area contributed by atoms with E-state index in [0.717, 1.165) is 5.54 Å². The van der Waals surface area contributed by atoms with Gasteiger partial charge in [0.05, 0.1) is 0 Å². The smallest absolute Gasteiger partial charge is 0.124 e. The minimum absolute atomic E-state index is 1.01. The van der Waals surface area contributed by atoms with Crippen molar-refractivity contribution in [1.29, 1.82) is 0 Å². The Balaban J connectivity index is 2.55. The van der Waals surface area contributed by atoms with Gasteiger partial charge in [-0.15, -0.1) is 0 Å². The molecule has 1 rings (SSSR count). The summed E-state index contributed by atoms with van der Waals surface area (Å²) in [4.78, 5) is 0. The van der Waals surface area contributed by atoms with Gasteiger partial charge in [0.15, 0.2) is 0 Å². The van der Waals surface area contributed by atoms with Crippen LogP contribution in [0.4, 0.5) is 0 Å². The van der Waals surface area contributed by atoms with Crippen molar-refractivity contribution >= 4 is 8.24 Å². The molecule has 1 aliphatic carbocycles. The molecule has 0 saturated heterocycles. The van der Waals surface area contributed by atoms with Crippen LogP contribution in [-0.2, 0) is 0 Å².